The quantitative estimate of drug-likeness (QED) is 0.348. The van der Waals surface area contributed by atoms with Crippen LogP contribution in [0.1, 0.15) is 23.8 Å². The maximum absolute atomic E-state index is 11.7. The van der Waals surface area contributed by atoms with E-state index in [-0.39, 0.29) is 24.0 Å². The maximum atomic E-state index is 11.7. The standard InChI is InChI=1S/C16H22N8O2/c1-10(5-7-25)24(18)13-9-20-14(15(17)26)16(22-13)21-11-4-6-19-12(8-11)23(2)3/h4,6-10H,5,18H2,1-3H3,(H2,17,26)(H,19,21,22). The number of nitrogens with zero attached hydrogens (tertiary/aromatic N) is 5. The molecule has 0 fully saturated rings. The second kappa shape index (κ2) is 8.21. The van der Waals surface area contributed by atoms with Crippen LogP contribution >= 0.6 is 0 Å². The summed E-state index contributed by atoms with van der Waals surface area (Å²) in [5.74, 6) is 6.45. The van der Waals surface area contributed by atoms with Crippen molar-refractivity contribution < 1.29 is 9.59 Å². The number of hydrogen-bond acceptors (Lipinski definition) is 9. The summed E-state index contributed by atoms with van der Waals surface area (Å²) in [7, 11) is 3.73. The second-order valence-corrected chi connectivity index (χ2v) is 5.87. The molecular formula is C16H22N8O2. The lowest BCUT2D eigenvalue weighted by molar-refractivity contribution is -0.108. The molecule has 0 saturated carbocycles. The third-order valence-corrected chi connectivity index (χ3v) is 3.64. The molecule has 2 aromatic rings. The van der Waals surface area contributed by atoms with Gasteiger partial charge in [-0.15, -0.1) is 0 Å². The Hall–Kier alpha value is -3.27. The fourth-order valence-corrected chi connectivity index (χ4v) is 2.13. The van der Waals surface area contributed by atoms with Gasteiger partial charge in [0.25, 0.3) is 5.91 Å². The topological polar surface area (TPSA) is 143 Å². The number of carbonyl (C=O) groups is 2. The van der Waals surface area contributed by atoms with Gasteiger partial charge in [-0.05, 0) is 13.0 Å². The third-order valence-electron chi connectivity index (χ3n) is 3.64. The Morgan fingerprint density at radius 1 is 1.35 bits per heavy atom. The summed E-state index contributed by atoms with van der Waals surface area (Å²) in [4.78, 5) is 36.8. The van der Waals surface area contributed by atoms with Crippen molar-refractivity contribution in [2.24, 2.45) is 11.6 Å². The number of anilines is 4. The number of hydrazine groups is 1. The highest BCUT2D eigenvalue weighted by Gasteiger charge is 2.18. The molecule has 0 radical (unpaired) electrons. The van der Waals surface area contributed by atoms with Gasteiger partial charge < -0.3 is 20.7 Å². The largest absolute Gasteiger partial charge is 0.364 e. The monoisotopic (exact) mass is 358 g/mol. The van der Waals surface area contributed by atoms with Crippen LogP contribution in [0.2, 0.25) is 0 Å². The van der Waals surface area contributed by atoms with Gasteiger partial charge in [0.05, 0.1) is 12.2 Å². The predicted molar refractivity (Wildman–Crippen MR) is 99.2 cm³/mol. The minimum absolute atomic E-state index is 0.0200. The van der Waals surface area contributed by atoms with E-state index >= 15 is 0 Å². The fraction of sp³-hybridized carbons (Fsp3) is 0.312. The van der Waals surface area contributed by atoms with Crippen LogP contribution in [0.3, 0.4) is 0 Å². The third kappa shape index (κ3) is 4.42. The van der Waals surface area contributed by atoms with Crippen molar-refractivity contribution in [3.8, 4) is 0 Å². The van der Waals surface area contributed by atoms with Crippen LogP contribution < -0.4 is 26.8 Å². The second-order valence-electron chi connectivity index (χ2n) is 5.87. The molecule has 2 rings (SSSR count). The first-order valence-corrected chi connectivity index (χ1v) is 7.88. The van der Waals surface area contributed by atoms with Crippen LogP contribution in [0.15, 0.2) is 24.5 Å². The number of nitrogens with two attached hydrogens (primary N) is 2. The minimum Gasteiger partial charge on any atom is -0.364 e. The Morgan fingerprint density at radius 2 is 2.08 bits per heavy atom. The highest BCUT2D eigenvalue weighted by atomic mass is 16.1. The molecule has 0 saturated heterocycles. The molecule has 10 heteroatoms. The predicted octanol–water partition coefficient (Wildman–Crippen LogP) is 0.438. The number of nitrogens with one attached hydrogen (secondary N) is 1. The van der Waals surface area contributed by atoms with Crippen molar-refractivity contribution in [1.29, 1.82) is 0 Å². The van der Waals surface area contributed by atoms with E-state index in [0.717, 1.165) is 12.1 Å². The van der Waals surface area contributed by atoms with Gasteiger partial charge in [-0.1, -0.05) is 0 Å². The molecule has 0 aliphatic carbocycles. The molecule has 0 bridgehead atoms. The van der Waals surface area contributed by atoms with E-state index < -0.39 is 5.91 Å². The van der Waals surface area contributed by atoms with Crippen molar-refractivity contribution >= 4 is 35.3 Å². The number of rotatable bonds is 8. The van der Waals surface area contributed by atoms with E-state index in [9.17, 15) is 9.59 Å². The number of aromatic nitrogens is 3. The van der Waals surface area contributed by atoms with Crippen LogP contribution in [0.4, 0.5) is 23.1 Å². The molecule has 0 aliphatic rings. The van der Waals surface area contributed by atoms with Crippen LogP contribution in [0, 0.1) is 0 Å². The summed E-state index contributed by atoms with van der Waals surface area (Å²) >= 11 is 0. The van der Waals surface area contributed by atoms with E-state index in [2.05, 4.69) is 20.3 Å². The molecule has 1 amide bonds. The zero-order valence-corrected chi connectivity index (χ0v) is 14.9. The lowest BCUT2D eigenvalue weighted by atomic mass is 10.2. The molecular weight excluding hydrogens is 336 g/mol. The zero-order chi connectivity index (χ0) is 19.3. The number of pyridine rings is 1. The van der Waals surface area contributed by atoms with E-state index in [1.807, 2.05) is 19.0 Å². The number of hydrogen-bond donors (Lipinski definition) is 3. The van der Waals surface area contributed by atoms with Gasteiger partial charge in [0.2, 0.25) is 0 Å². The molecule has 0 aliphatic heterocycles. The Morgan fingerprint density at radius 3 is 2.69 bits per heavy atom. The van der Waals surface area contributed by atoms with Crippen LogP contribution in [-0.4, -0.2) is 47.3 Å². The Balaban J connectivity index is 2.38. The number of carbonyl (C=O) groups excluding carboxylic acids is 2. The highest BCUT2D eigenvalue weighted by molar-refractivity contribution is 5.96. The summed E-state index contributed by atoms with van der Waals surface area (Å²) in [6.07, 6.45) is 3.97. The normalized spacial score (nSPS) is 11.5. The van der Waals surface area contributed by atoms with Gasteiger partial charge in [0.15, 0.2) is 17.3 Å². The zero-order valence-electron chi connectivity index (χ0n) is 14.9. The van der Waals surface area contributed by atoms with E-state index in [0.29, 0.717) is 11.5 Å². The summed E-state index contributed by atoms with van der Waals surface area (Å²) in [6, 6.07) is 3.23. The Bertz CT molecular complexity index is 796. The maximum Gasteiger partial charge on any atom is 0.271 e. The molecule has 0 spiro atoms. The molecule has 2 heterocycles. The van der Waals surface area contributed by atoms with Gasteiger partial charge in [-0.3, -0.25) is 9.80 Å². The molecule has 1 atom stereocenters. The van der Waals surface area contributed by atoms with Gasteiger partial charge in [0.1, 0.15) is 12.1 Å². The summed E-state index contributed by atoms with van der Waals surface area (Å²) < 4.78 is 0. The highest BCUT2D eigenvalue weighted by Crippen LogP contribution is 2.22. The van der Waals surface area contributed by atoms with Gasteiger partial charge >= 0.3 is 0 Å². The van der Waals surface area contributed by atoms with E-state index in [1.54, 1.807) is 25.3 Å². The van der Waals surface area contributed by atoms with Crippen molar-refractivity contribution in [3.63, 3.8) is 0 Å². The average molecular weight is 358 g/mol. The molecule has 2 aromatic heterocycles. The SMILES string of the molecule is CC(CC=O)N(N)c1cnc(C(N)=O)c(Nc2ccnc(N(C)C)c2)n1. The first kappa shape index (κ1) is 19.1. The summed E-state index contributed by atoms with van der Waals surface area (Å²) in [5.41, 5.74) is 6.02. The first-order valence-electron chi connectivity index (χ1n) is 7.88. The average Bonchev–Trinajstić information content (AvgIpc) is 2.61. The number of aldehydes is 1. The lowest BCUT2D eigenvalue weighted by Crippen LogP contribution is -2.40. The van der Waals surface area contributed by atoms with Crippen molar-refractivity contribution in [2.45, 2.75) is 19.4 Å². The van der Waals surface area contributed by atoms with Gasteiger partial charge in [-0.2, -0.15) is 0 Å². The Kier molecular flexibility index (Phi) is 6.02. The van der Waals surface area contributed by atoms with Crippen molar-refractivity contribution in [2.75, 3.05) is 29.3 Å². The summed E-state index contributed by atoms with van der Waals surface area (Å²) in [6.45, 7) is 1.78. The molecule has 10 nitrogen and oxygen atoms in total. The summed E-state index contributed by atoms with van der Waals surface area (Å²) in [5, 5.41) is 4.34. The van der Waals surface area contributed by atoms with Gasteiger partial charge in [-0.25, -0.2) is 20.8 Å². The van der Waals surface area contributed by atoms with Crippen LogP contribution in [-0.2, 0) is 4.79 Å². The molecule has 5 N–H and O–H groups in total. The van der Waals surface area contributed by atoms with Crippen molar-refractivity contribution in [3.05, 3.63) is 30.2 Å². The van der Waals surface area contributed by atoms with E-state index in [4.69, 9.17) is 11.6 Å². The molecule has 138 valence electrons. The fourth-order valence-electron chi connectivity index (χ4n) is 2.13. The number of primary amides is 1. The minimum atomic E-state index is -0.724. The van der Waals surface area contributed by atoms with Crippen molar-refractivity contribution in [1.82, 2.24) is 15.0 Å². The van der Waals surface area contributed by atoms with Crippen LogP contribution in [0.5, 0.6) is 0 Å². The number of amides is 1. The van der Waals surface area contributed by atoms with Gasteiger partial charge in [0, 0.05) is 38.5 Å². The molecule has 0 aromatic carbocycles. The lowest BCUT2D eigenvalue weighted by Gasteiger charge is -2.24. The van der Waals surface area contributed by atoms with Crippen LogP contribution in [0.25, 0.3) is 0 Å². The smallest absolute Gasteiger partial charge is 0.271 e. The first-order chi connectivity index (χ1) is 12.3. The molecule has 26 heavy (non-hydrogen) atoms. The molecule has 1 unspecified atom stereocenters. The van der Waals surface area contributed by atoms with E-state index in [1.165, 1.54) is 11.2 Å². The Labute approximate surface area is 151 Å².